The summed E-state index contributed by atoms with van der Waals surface area (Å²) in [6.45, 7) is 9.08. The number of carbonyl (C=O) groups is 3. The molecule has 0 spiro atoms. The predicted octanol–water partition coefficient (Wildman–Crippen LogP) is 1.19. The van der Waals surface area contributed by atoms with Gasteiger partial charge in [0.05, 0.1) is 18.4 Å². The Morgan fingerprint density at radius 2 is 1.72 bits per heavy atom. The molecule has 0 bridgehead atoms. The van der Waals surface area contributed by atoms with E-state index in [1.807, 2.05) is 20.8 Å². The van der Waals surface area contributed by atoms with Gasteiger partial charge in [-0.3, -0.25) is 19.3 Å². The number of aromatic amines is 1. The summed E-state index contributed by atoms with van der Waals surface area (Å²) in [5.41, 5.74) is 10.7. The van der Waals surface area contributed by atoms with Gasteiger partial charge in [-0.1, -0.05) is 6.42 Å². The van der Waals surface area contributed by atoms with E-state index in [1.165, 1.54) is 31.5 Å². The molecule has 198 valence electrons. The molecule has 0 radical (unpaired) electrons. The molecule has 0 atom stereocenters. The quantitative estimate of drug-likeness (QED) is 0.563. The average molecular weight is 504 g/mol. The van der Waals surface area contributed by atoms with Crippen LogP contribution < -0.4 is 17.0 Å². The summed E-state index contributed by atoms with van der Waals surface area (Å²) in [7, 11) is 0. The second-order valence-corrected chi connectivity index (χ2v) is 10.3. The Balaban J connectivity index is 0.000000303. The average Bonchev–Trinajstić information content (AvgIpc) is 3.22. The zero-order valence-corrected chi connectivity index (χ0v) is 21.3. The number of nitrogens with two attached hydrogens (primary N) is 2. The fraction of sp³-hybridized carbons (Fsp3) is 0.625. The molecular formula is C24H37N7O5. The molecule has 12 nitrogen and oxygen atoms in total. The van der Waals surface area contributed by atoms with E-state index < -0.39 is 11.5 Å². The number of nitrogens with zero attached hydrogens (tertiary/aromatic N) is 4. The highest BCUT2D eigenvalue weighted by Crippen LogP contribution is 2.28. The van der Waals surface area contributed by atoms with Crippen molar-refractivity contribution in [3.05, 3.63) is 33.9 Å². The lowest BCUT2D eigenvalue weighted by Gasteiger charge is -2.33. The Bertz CT molecular complexity index is 1140. The molecule has 36 heavy (non-hydrogen) atoms. The molecule has 0 aliphatic carbocycles. The van der Waals surface area contributed by atoms with E-state index in [9.17, 15) is 19.2 Å². The largest absolute Gasteiger partial charge is 0.444 e. The van der Waals surface area contributed by atoms with E-state index >= 15 is 0 Å². The van der Waals surface area contributed by atoms with Crippen LogP contribution in [0.15, 0.2) is 17.1 Å². The van der Waals surface area contributed by atoms with Gasteiger partial charge in [0, 0.05) is 25.1 Å². The molecule has 2 aromatic heterocycles. The van der Waals surface area contributed by atoms with Crippen LogP contribution in [0.5, 0.6) is 0 Å². The normalized spacial score (nSPS) is 17.4. The third-order valence-electron chi connectivity index (χ3n) is 6.19. The number of hydrogen-bond donors (Lipinski definition) is 3. The molecule has 3 amide bonds. The molecule has 0 aromatic carbocycles. The van der Waals surface area contributed by atoms with Crippen LogP contribution in [0.1, 0.15) is 74.8 Å². The van der Waals surface area contributed by atoms with Gasteiger partial charge in [0.2, 0.25) is 5.91 Å². The molecule has 0 unspecified atom stereocenters. The maximum Gasteiger partial charge on any atom is 0.410 e. The monoisotopic (exact) mass is 503 g/mol. The molecule has 2 fully saturated rings. The molecule has 2 aliphatic rings. The Labute approximate surface area is 209 Å². The molecular weight excluding hydrogens is 466 g/mol. The third-order valence-corrected chi connectivity index (χ3v) is 6.19. The zero-order valence-electron chi connectivity index (χ0n) is 21.3. The van der Waals surface area contributed by atoms with E-state index in [4.69, 9.17) is 16.2 Å². The van der Waals surface area contributed by atoms with Crippen molar-refractivity contribution in [2.24, 2.45) is 11.5 Å². The van der Waals surface area contributed by atoms with Gasteiger partial charge in [-0.05, 0) is 59.5 Å². The van der Waals surface area contributed by atoms with Gasteiger partial charge < -0.3 is 26.1 Å². The number of rotatable bonds is 4. The number of primary amides is 2. The summed E-state index contributed by atoms with van der Waals surface area (Å²) in [4.78, 5) is 52.5. The highest BCUT2D eigenvalue weighted by molar-refractivity contribution is 5.98. The van der Waals surface area contributed by atoms with Crippen LogP contribution >= 0.6 is 0 Å². The fourth-order valence-corrected chi connectivity index (χ4v) is 4.51. The fourth-order valence-electron chi connectivity index (χ4n) is 4.51. The highest BCUT2D eigenvalue weighted by Gasteiger charge is 2.29. The number of amides is 3. The lowest BCUT2D eigenvalue weighted by molar-refractivity contribution is -0.119. The Hall–Kier alpha value is -3.41. The first kappa shape index (κ1) is 27.2. The van der Waals surface area contributed by atoms with Crippen LogP contribution in [-0.4, -0.2) is 80.6 Å². The second kappa shape index (κ2) is 11.5. The number of carbonyl (C=O) groups excluding carboxylic acids is 3. The van der Waals surface area contributed by atoms with Crippen molar-refractivity contribution in [3.8, 4) is 0 Å². The number of likely N-dealkylation sites (tertiary alicyclic amines) is 2. The van der Waals surface area contributed by atoms with Crippen molar-refractivity contribution in [3.63, 3.8) is 0 Å². The van der Waals surface area contributed by atoms with E-state index in [-0.39, 0.29) is 29.0 Å². The molecule has 0 saturated carbocycles. The Morgan fingerprint density at radius 1 is 1.08 bits per heavy atom. The van der Waals surface area contributed by atoms with Crippen molar-refractivity contribution >= 4 is 23.6 Å². The van der Waals surface area contributed by atoms with Gasteiger partial charge in [0.1, 0.15) is 16.8 Å². The second-order valence-electron chi connectivity index (χ2n) is 10.3. The topological polar surface area (TPSA) is 169 Å². The van der Waals surface area contributed by atoms with E-state index in [1.54, 1.807) is 9.42 Å². The lowest BCUT2D eigenvalue weighted by Crippen LogP contribution is -2.41. The first-order valence-corrected chi connectivity index (χ1v) is 12.3. The summed E-state index contributed by atoms with van der Waals surface area (Å²) in [6, 6.07) is 1.48. The maximum absolute atomic E-state index is 12.2. The van der Waals surface area contributed by atoms with Crippen molar-refractivity contribution < 1.29 is 19.1 Å². The van der Waals surface area contributed by atoms with Crippen LogP contribution in [0.3, 0.4) is 0 Å². The third kappa shape index (κ3) is 7.30. The van der Waals surface area contributed by atoms with Crippen molar-refractivity contribution in [1.29, 1.82) is 0 Å². The zero-order chi connectivity index (χ0) is 26.5. The number of fused-ring (bicyclic) bond motifs is 1. The number of H-pyrrole nitrogens is 1. The molecule has 2 saturated heterocycles. The minimum Gasteiger partial charge on any atom is -0.444 e. The smallest absolute Gasteiger partial charge is 0.410 e. The first-order valence-electron chi connectivity index (χ1n) is 12.3. The summed E-state index contributed by atoms with van der Waals surface area (Å²) in [5.74, 6) is -0.812. The number of hydrogen-bond acceptors (Lipinski definition) is 7. The Morgan fingerprint density at radius 3 is 2.28 bits per heavy atom. The van der Waals surface area contributed by atoms with Crippen LogP contribution in [0.25, 0.3) is 5.65 Å². The maximum atomic E-state index is 12.2. The summed E-state index contributed by atoms with van der Waals surface area (Å²) in [5, 5.41) is 4.20. The Kier molecular flexibility index (Phi) is 8.72. The predicted molar refractivity (Wildman–Crippen MR) is 134 cm³/mol. The van der Waals surface area contributed by atoms with E-state index in [0.717, 1.165) is 13.1 Å². The molecule has 2 aliphatic heterocycles. The number of nitrogens with one attached hydrogen (secondary N) is 1. The molecule has 4 rings (SSSR count). The minimum atomic E-state index is -0.646. The highest BCUT2D eigenvalue weighted by atomic mass is 16.6. The van der Waals surface area contributed by atoms with Gasteiger partial charge in [0.15, 0.2) is 0 Å². The molecule has 4 heterocycles. The van der Waals surface area contributed by atoms with E-state index in [0.29, 0.717) is 43.8 Å². The van der Waals surface area contributed by atoms with Crippen molar-refractivity contribution in [1.82, 2.24) is 24.4 Å². The molecule has 12 heteroatoms. The van der Waals surface area contributed by atoms with E-state index in [2.05, 4.69) is 15.0 Å². The van der Waals surface area contributed by atoms with Gasteiger partial charge in [-0.15, -0.1) is 0 Å². The lowest BCUT2D eigenvalue weighted by atomic mass is 9.93. The SMILES string of the molecule is CC(C)(C)OC(=O)N1CCC(c2cc(=O)[nH]c3c(C(N)=O)cnn23)CC1.NC(=O)CN1CCCCC1. The number of ether oxygens (including phenoxy) is 1. The van der Waals surface area contributed by atoms with Crippen LogP contribution in [0.2, 0.25) is 0 Å². The van der Waals surface area contributed by atoms with Gasteiger partial charge >= 0.3 is 6.09 Å². The first-order chi connectivity index (χ1) is 16.9. The summed E-state index contributed by atoms with van der Waals surface area (Å²) in [6.07, 6.45) is 6.10. The van der Waals surface area contributed by atoms with Crippen LogP contribution in [0.4, 0.5) is 4.79 Å². The number of aromatic nitrogens is 3. The van der Waals surface area contributed by atoms with Crippen LogP contribution in [0, 0.1) is 0 Å². The van der Waals surface area contributed by atoms with Crippen molar-refractivity contribution in [2.75, 3.05) is 32.7 Å². The van der Waals surface area contributed by atoms with Crippen molar-refractivity contribution in [2.45, 2.75) is 64.4 Å². The summed E-state index contributed by atoms with van der Waals surface area (Å²) >= 11 is 0. The van der Waals surface area contributed by atoms with Crippen LogP contribution in [-0.2, 0) is 9.53 Å². The summed E-state index contributed by atoms with van der Waals surface area (Å²) < 4.78 is 6.95. The van der Waals surface area contributed by atoms with Gasteiger partial charge in [0.25, 0.3) is 11.5 Å². The van der Waals surface area contributed by atoms with Gasteiger partial charge in [-0.2, -0.15) is 5.10 Å². The molecule has 5 N–H and O–H groups in total. The number of piperidine rings is 2. The standard InChI is InChI=1S/C17H23N5O4.C7H14N2O/c1-17(2,3)26-16(25)21-6-4-10(5-7-21)12-8-13(23)20-15-11(14(18)24)9-19-22(12)15;8-7(10)6-9-4-2-1-3-5-9/h8-10H,4-7H2,1-3H3,(H2,18,24)(H,20,23);1-6H2,(H2,8,10). The minimum absolute atomic E-state index is 0.0408. The van der Waals surface area contributed by atoms with Gasteiger partial charge in [-0.25, -0.2) is 9.31 Å². The molecule has 2 aromatic rings.